The minimum atomic E-state index is -5.32. The van der Waals surface area contributed by atoms with Crippen molar-refractivity contribution in [1.29, 1.82) is 0 Å². The molecule has 20 heteroatoms. The van der Waals surface area contributed by atoms with Gasteiger partial charge < -0.3 is 35.5 Å². The molecule has 17 nitrogen and oxygen atoms in total. The number of phosphoric ester groups is 3. The molecule has 1 aromatic rings. The maximum atomic E-state index is 12.1. The Morgan fingerprint density at radius 2 is 1.64 bits per heavy atom. The fourth-order valence-electron chi connectivity index (χ4n) is 2.72. The molecule has 0 aliphatic carbocycles. The molecule has 0 spiro atoms. The third-order valence-corrected chi connectivity index (χ3v) is 8.13. The van der Waals surface area contributed by atoms with Crippen molar-refractivity contribution in [1.82, 2.24) is 9.55 Å². The van der Waals surface area contributed by atoms with E-state index in [1.165, 1.54) is 16.8 Å². The quantitative estimate of drug-likeness (QED) is 0.129. The molecule has 0 bridgehead atoms. The Kier molecular flexibility index (Phi) is 12.1. The standard InChI is InChI=1S/C16H32N3O14P3/c1-11(4-5-12(2)19-7-6-14(17)18-15(19)22)8-30-35(26,27)33-36(28,29)31-9-13(21)16(3,10-20)32-34(23,24)25/h6-7,11-13,20-21H,4-5,8-10H2,1-3H3,(H,26,27)(H,28,29)(H2,17,18,22)(H2,23,24,25)/t11-,12+,13+,16-/m0/s1. The topological polar surface area (TPSA) is 270 Å². The molecule has 2 unspecified atom stereocenters. The number of aliphatic hydroxyl groups is 2. The van der Waals surface area contributed by atoms with Crippen LogP contribution >= 0.6 is 23.5 Å². The number of phosphoric acid groups is 3. The van der Waals surface area contributed by atoms with Crippen LogP contribution in [-0.2, 0) is 31.6 Å². The third-order valence-electron chi connectivity index (χ3n) is 4.87. The van der Waals surface area contributed by atoms with Gasteiger partial charge in [-0.3, -0.25) is 18.1 Å². The molecule has 36 heavy (non-hydrogen) atoms. The zero-order valence-electron chi connectivity index (χ0n) is 19.7. The molecule has 0 fully saturated rings. The third kappa shape index (κ3) is 11.6. The molecular weight excluding hydrogens is 551 g/mol. The van der Waals surface area contributed by atoms with E-state index < -0.39 is 54.1 Å². The summed E-state index contributed by atoms with van der Waals surface area (Å²) in [6.07, 6.45) is 0.288. The molecule has 8 N–H and O–H groups in total. The van der Waals surface area contributed by atoms with Crippen LogP contribution in [0.5, 0.6) is 0 Å². The van der Waals surface area contributed by atoms with Gasteiger partial charge in [-0.15, -0.1) is 0 Å². The first-order valence-corrected chi connectivity index (χ1v) is 14.9. The number of hydrogen-bond acceptors (Lipinski definition) is 12. The van der Waals surface area contributed by atoms with E-state index >= 15 is 0 Å². The van der Waals surface area contributed by atoms with E-state index in [1.807, 2.05) is 0 Å². The number of nitrogen functional groups attached to an aromatic ring is 1. The zero-order chi connectivity index (χ0) is 27.9. The molecule has 0 saturated heterocycles. The summed E-state index contributed by atoms with van der Waals surface area (Å²) in [5.74, 6) is -0.273. The van der Waals surface area contributed by atoms with Crippen LogP contribution in [0.2, 0.25) is 0 Å². The van der Waals surface area contributed by atoms with Crippen molar-refractivity contribution in [2.24, 2.45) is 5.92 Å². The minimum absolute atomic E-state index is 0.0838. The number of nitrogens with zero attached hydrogens (tertiary/aromatic N) is 2. The Labute approximate surface area is 206 Å². The van der Waals surface area contributed by atoms with E-state index in [0.717, 1.165) is 6.92 Å². The SMILES string of the molecule is C[C@@H](CC[C@@H](C)n1ccc(N)nc1=O)COP(=O)(O)OP(=O)(O)OC[C@@H](O)[C@](C)(CO)OP(=O)(O)O. The second-order valence-electron chi connectivity index (χ2n) is 8.25. The van der Waals surface area contributed by atoms with E-state index in [-0.39, 0.29) is 24.4 Å². The number of rotatable bonds is 16. The molecule has 0 radical (unpaired) electrons. The number of aliphatic hydroxyl groups excluding tert-OH is 2. The molecule has 1 heterocycles. The van der Waals surface area contributed by atoms with Crippen molar-refractivity contribution in [2.45, 2.75) is 51.4 Å². The maximum Gasteiger partial charge on any atom is 0.481 e. The fraction of sp³-hybridized carbons (Fsp3) is 0.750. The van der Waals surface area contributed by atoms with Gasteiger partial charge in [-0.05, 0) is 38.7 Å². The minimum Gasteiger partial charge on any atom is -0.393 e. The number of aromatic nitrogens is 2. The van der Waals surface area contributed by atoms with E-state index in [4.69, 9.17) is 20.0 Å². The average molecular weight is 583 g/mol. The van der Waals surface area contributed by atoms with Crippen LogP contribution in [0.1, 0.15) is 39.7 Å². The average Bonchev–Trinajstić information content (AvgIpc) is 2.72. The van der Waals surface area contributed by atoms with Crippen LogP contribution in [-0.4, -0.2) is 70.9 Å². The van der Waals surface area contributed by atoms with Crippen molar-refractivity contribution < 1.29 is 61.4 Å². The lowest BCUT2D eigenvalue weighted by atomic mass is 10.0. The highest BCUT2D eigenvalue weighted by molar-refractivity contribution is 7.61. The summed E-state index contributed by atoms with van der Waals surface area (Å²) in [5.41, 5.74) is 2.61. The van der Waals surface area contributed by atoms with E-state index in [1.54, 1.807) is 13.8 Å². The van der Waals surface area contributed by atoms with Crippen LogP contribution in [0, 0.1) is 5.92 Å². The normalized spacial score (nSPS) is 20.0. The van der Waals surface area contributed by atoms with Gasteiger partial charge in [-0.2, -0.15) is 9.29 Å². The first-order chi connectivity index (χ1) is 16.3. The van der Waals surface area contributed by atoms with E-state index in [0.29, 0.717) is 12.8 Å². The monoisotopic (exact) mass is 583 g/mol. The van der Waals surface area contributed by atoms with Crippen LogP contribution in [0.4, 0.5) is 5.82 Å². The van der Waals surface area contributed by atoms with Crippen molar-refractivity contribution in [3.8, 4) is 0 Å². The van der Waals surface area contributed by atoms with Crippen molar-refractivity contribution in [2.75, 3.05) is 25.6 Å². The number of hydrogen-bond donors (Lipinski definition) is 7. The van der Waals surface area contributed by atoms with Gasteiger partial charge in [-0.25, -0.2) is 18.5 Å². The van der Waals surface area contributed by atoms with Crippen LogP contribution in [0.25, 0.3) is 0 Å². The number of nitrogens with two attached hydrogens (primary N) is 1. The van der Waals surface area contributed by atoms with Crippen molar-refractivity contribution >= 4 is 29.3 Å². The molecule has 0 aromatic carbocycles. The lowest BCUT2D eigenvalue weighted by Gasteiger charge is -2.32. The van der Waals surface area contributed by atoms with E-state index in [2.05, 4.69) is 18.3 Å². The predicted octanol–water partition coefficient (Wildman–Crippen LogP) is 0.275. The summed E-state index contributed by atoms with van der Waals surface area (Å²) in [6.45, 7) is 1.61. The highest BCUT2D eigenvalue weighted by Gasteiger charge is 2.42. The highest BCUT2D eigenvalue weighted by atomic mass is 31.3. The molecule has 0 aliphatic heterocycles. The van der Waals surface area contributed by atoms with Gasteiger partial charge in [-0.1, -0.05) is 6.92 Å². The van der Waals surface area contributed by atoms with Gasteiger partial charge in [0.05, 0.1) is 19.8 Å². The highest BCUT2D eigenvalue weighted by Crippen LogP contribution is 2.60. The van der Waals surface area contributed by atoms with Gasteiger partial charge >= 0.3 is 29.2 Å². The molecule has 1 aromatic heterocycles. The second-order valence-corrected chi connectivity index (χ2v) is 12.5. The Morgan fingerprint density at radius 3 is 2.14 bits per heavy atom. The Morgan fingerprint density at radius 1 is 1.08 bits per heavy atom. The summed E-state index contributed by atoms with van der Waals surface area (Å²) in [4.78, 5) is 52.6. The molecule has 1 rings (SSSR count). The second kappa shape index (κ2) is 13.2. The molecule has 0 amide bonds. The molecule has 210 valence electrons. The van der Waals surface area contributed by atoms with Gasteiger partial charge in [0.15, 0.2) is 0 Å². The van der Waals surface area contributed by atoms with E-state index in [9.17, 15) is 38.5 Å². The van der Waals surface area contributed by atoms with Crippen molar-refractivity contribution in [3.63, 3.8) is 0 Å². The first-order valence-electron chi connectivity index (χ1n) is 10.3. The van der Waals surface area contributed by atoms with Crippen LogP contribution in [0.3, 0.4) is 0 Å². The summed E-state index contributed by atoms with van der Waals surface area (Å²) in [5, 5.41) is 19.2. The molecular formula is C16H32N3O14P3. The Hall–Kier alpha value is -1.03. The summed E-state index contributed by atoms with van der Waals surface area (Å²) in [7, 11) is -15.6. The van der Waals surface area contributed by atoms with Gasteiger partial charge in [0.2, 0.25) is 0 Å². The van der Waals surface area contributed by atoms with Gasteiger partial charge in [0, 0.05) is 12.2 Å². The fourth-order valence-corrected chi connectivity index (χ4v) is 5.63. The smallest absolute Gasteiger partial charge is 0.393 e. The Bertz CT molecular complexity index is 1060. The van der Waals surface area contributed by atoms with Crippen LogP contribution in [0.15, 0.2) is 17.1 Å². The molecule has 0 saturated carbocycles. The lowest BCUT2D eigenvalue weighted by molar-refractivity contribution is -0.101. The molecule has 6 atom stereocenters. The largest absolute Gasteiger partial charge is 0.481 e. The maximum absolute atomic E-state index is 12.1. The summed E-state index contributed by atoms with van der Waals surface area (Å²) >= 11 is 0. The molecule has 0 aliphatic rings. The number of anilines is 1. The summed E-state index contributed by atoms with van der Waals surface area (Å²) < 4.78 is 53.9. The predicted molar refractivity (Wildman–Crippen MR) is 123 cm³/mol. The first kappa shape index (κ1) is 33.0. The summed E-state index contributed by atoms with van der Waals surface area (Å²) in [6, 6.07) is 1.19. The lowest BCUT2D eigenvalue weighted by Crippen LogP contribution is -2.47. The van der Waals surface area contributed by atoms with Gasteiger partial charge in [0.1, 0.15) is 17.5 Å². The van der Waals surface area contributed by atoms with Crippen LogP contribution < -0.4 is 11.4 Å². The Balaban J connectivity index is 2.58. The van der Waals surface area contributed by atoms with Crippen molar-refractivity contribution in [3.05, 3.63) is 22.7 Å². The zero-order valence-corrected chi connectivity index (χ0v) is 22.4. The van der Waals surface area contributed by atoms with Gasteiger partial charge in [0.25, 0.3) is 0 Å².